The Morgan fingerprint density at radius 2 is 1.77 bits per heavy atom. The first kappa shape index (κ1) is 9.49. The molecule has 0 saturated carbocycles. The molecule has 0 spiro atoms. The van der Waals surface area contributed by atoms with Gasteiger partial charge in [0.15, 0.2) is 12.6 Å². The van der Waals surface area contributed by atoms with Crippen LogP contribution in [0, 0.1) is 11.3 Å². The second kappa shape index (κ2) is 3.87. The molecule has 4 heteroatoms. The van der Waals surface area contributed by atoms with Gasteiger partial charge in [0.25, 0.3) is 0 Å². The van der Waals surface area contributed by atoms with E-state index in [2.05, 4.69) is 12.6 Å². The second-order valence-electron chi connectivity index (χ2n) is 2.32. The minimum absolute atomic E-state index is 0.142. The van der Waals surface area contributed by atoms with E-state index >= 15 is 0 Å². The summed E-state index contributed by atoms with van der Waals surface area (Å²) in [5.41, 5.74) is 0.700. The van der Waals surface area contributed by atoms with Crippen molar-refractivity contribution in [3.63, 3.8) is 0 Å². The molecule has 3 nitrogen and oxygen atoms in total. The lowest BCUT2D eigenvalue weighted by Gasteiger charge is -2.01. The average Bonchev–Trinajstić information content (AvgIpc) is 2.17. The standard InChI is InChI=1S/C9H5NO2S/c10-3-8-6(4-11)1-2-7(5-12)9(8)13/h1-2,4-5,13H. The van der Waals surface area contributed by atoms with Gasteiger partial charge in [0.2, 0.25) is 0 Å². The van der Waals surface area contributed by atoms with Gasteiger partial charge in [-0.25, -0.2) is 0 Å². The summed E-state index contributed by atoms with van der Waals surface area (Å²) in [5, 5.41) is 8.68. The van der Waals surface area contributed by atoms with Crippen LogP contribution in [0.5, 0.6) is 0 Å². The van der Waals surface area contributed by atoms with Crippen LogP contribution >= 0.6 is 12.6 Å². The van der Waals surface area contributed by atoms with Crippen LogP contribution in [-0.2, 0) is 0 Å². The predicted molar refractivity (Wildman–Crippen MR) is 49.2 cm³/mol. The topological polar surface area (TPSA) is 57.9 Å². The molecule has 0 aliphatic carbocycles. The smallest absolute Gasteiger partial charge is 0.151 e. The number of aldehydes is 2. The van der Waals surface area contributed by atoms with E-state index in [4.69, 9.17) is 5.26 Å². The van der Waals surface area contributed by atoms with Gasteiger partial charge in [-0.3, -0.25) is 9.59 Å². The molecule has 1 aromatic carbocycles. The number of nitrogens with zero attached hydrogens (tertiary/aromatic N) is 1. The summed E-state index contributed by atoms with van der Waals surface area (Å²) in [6, 6.07) is 4.71. The fourth-order valence-corrected chi connectivity index (χ4v) is 1.24. The fourth-order valence-electron chi connectivity index (χ4n) is 0.934. The van der Waals surface area contributed by atoms with Crippen LogP contribution in [0.3, 0.4) is 0 Å². The van der Waals surface area contributed by atoms with Crippen molar-refractivity contribution in [2.75, 3.05) is 0 Å². The summed E-state index contributed by atoms with van der Waals surface area (Å²) in [6.07, 6.45) is 1.16. The largest absolute Gasteiger partial charge is 0.298 e. The molecule has 0 atom stereocenters. The highest BCUT2D eigenvalue weighted by molar-refractivity contribution is 7.80. The maximum absolute atomic E-state index is 10.5. The molecule has 1 aromatic rings. The van der Waals surface area contributed by atoms with Gasteiger partial charge in [0, 0.05) is 16.0 Å². The summed E-state index contributed by atoms with van der Waals surface area (Å²) in [5.74, 6) is 0. The number of carbonyl (C=O) groups is 2. The molecular formula is C9H5NO2S. The Morgan fingerprint density at radius 1 is 1.23 bits per heavy atom. The molecule has 64 valence electrons. The van der Waals surface area contributed by atoms with Crippen molar-refractivity contribution in [3.8, 4) is 6.07 Å². The van der Waals surface area contributed by atoms with E-state index < -0.39 is 0 Å². The molecule has 0 bridgehead atoms. The number of benzene rings is 1. The van der Waals surface area contributed by atoms with Crippen LogP contribution in [0.1, 0.15) is 26.3 Å². The highest BCUT2D eigenvalue weighted by Crippen LogP contribution is 2.19. The van der Waals surface area contributed by atoms with Crippen LogP contribution in [0.15, 0.2) is 17.0 Å². The first-order valence-electron chi connectivity index (χ1n) is 3.41. The van der Waals surface area contributed by atoms with Gasteiger partial charge >= 0.3 is 0 Å². The summed E-state index contributed by atoms with van der Waals surface area (Å²) < 4.78 is 0. The van der Waals surface area contributed by atoms with Crippen LogP contribution in [0.25, 0.3) is 0 Å². The van der Waals surface area contributed by atoms with Crippen LogP contribution in [0.4, 0.5) is 0 Å². The molecule has 13 heavy (non-hydrogen) atoms. The van der Waals surface area contributed by atoms with E-state index in [0.29, 0.717) is 18.1 Å². The highest BCUT2D eigenvalue weighted by atomic mass is 32.1. The quantitative estimate of drug-likeness (QED) is 0.569. The van der Waals surface area contributed by atoms with Crippen molar-refractivity contribution < 1.29 is 9.59 Å². The van der Waals surface area contributed by atoms with Crippen LogP contribution in [-0.4, -0.2) is 12.6 Å². The molecule has 0 saturated heterocycles. The van der Waals surface area contributed by atoms with Crippen LogP contribution < -0.4 is 0 Å². The van der Waals surface area contributed by atoms with Crippen molar-refractivity contribution in [1.29, 1.82) is 5.26 Å². The predicted octanol–water partition coefficient (Wildman–Crippen LogP) is 1.47. The molecule has 1 rings (SSSR count). The van der Waals surface area contributed by atoms with E-state index in [1.54, 1.807) is 0 Å². The Labute approximate surface area is 80.4 Å². The van der Waals surface area contributed by atoms with Crippen LogP contribution in [0.2, 0.25) is 0 Å². The Balaban J connectivity index is 3.51. The van der Waals surface area contributed by atoms with E-state index in [9.17, 15) is 9.59 Å². The maximum atomic E-state index is 10.5. The summed E-state index contributed by atoms with van der Waals surface area (Å²) in [7, 11) is 0. The van der Waals surface area contributed by atoms with Crippen molar-refractivity contribution in [3.05, 3.63) is 28.8 Å². The number of hydrogen-bond acceptors (Lipinski definition) is 4. The fraction of sp³-hybridized carbons (Fsp3) is 0. The highest BCUT2D eigenvalue weighted by Gasteiger charge is 2.08. The Bertz CT molecular complexity index is 407. The van der Waals surface area contributed by atoms with Crippen molar-refractivity contribution in [2.45, 2.75) is 4.90 Å². The number of carbonyl (C=O) groups excluding carboxylic acids is 2. The molecule has 0 aliphatic rings. The maximum Gasteiger partial charge on any atom is 0.151 e. The molecule has 0 aromatic heterocycles. The SMILES string of the molecule is N#Cc1c(C=O)ccc(C=O)c1S. The molecular weight excluding hydrogens is 186 g/mol. The summed E-state index contributed by atoms with van der Waals surface area (Å²) in [6.45, 7) is 0. The zero-order valence-corrected chi connectivity index (χ0v) is 7.41. The molecule has 0 aliphatic heterocycles. The number of rotatable bonds is 2. The first-order valence-corrected chi connectivity index (χ1v) is 3.85. The van der Waals surface area contributed by atoms with Crippen molar-refractivity contribution in [1.82, 2.24) is 0 Å². The summed E-state index contributed by atoms with van der Waals surface area (Å²) >= 11 is 3.98. The Hall–Kier alpha value is -1.60. The summed E-state index contributed by atoms with van der Waals surface area (Å²) in [4.78, 5) is 21.2. The average molecular weight is 191 g/mol. The third-order valence-electron chi connectivity index (χ3n) is 1.61. The molecule has 0 N–H and O–H groups in total. The number of hydrogen-bond donors (Lipinski definition) is 1. The minimum Gasteiger partial charge on any atom is -0.298 e. The zero-order chi connectivity index (χ0) is 9.84. The molecule has 0 unspecified atom stereocenters. The lowest BCUT2D eigenvalue weighted by molar-refractivity contribution is 0.111. The van der Waals surface area contributed by atoms with Gasteiger partial charge in [-0.2, -0.15) is 5.26 Å². The minimum atomic E-state index is 0.142. The van der Waals surface area contributed by atoms with Gasteiger partial charge in [-0.05, 0) is 12.1 Å². The number of thiol groups is 1. The van der Waals surface area contributed by atoms with Gasteiger partial charge in [0.1, 0.15) is 6.07 Å². The lowest BCUT2D eigenvalue weighted by Crippen LogP contribution is -1.93. The van der Waals surface area contributed by atoms with E-state index in [-0.39, 0.29) is 16.0 Å². The molecule has 0 fully saturated rings. The third kappa shape index (κ3) is 1.60. The van der Waals surface area contributed by atoms with Gasteiger partial charge in [-0.15, -0.1) is 12.6 Å². The molecule has 0 amide bonds. The normalized spacial score (nSPS) is 8.92. The van der Waals surface area contributed by atoms with Crippen molar-refractivity contribution in [2.24, 2.45) is 0 Å². The van der Waals surface area contributed by atoms with Crippen molar-refractivity contribution >= 4 is 25.2 Å². The van der Waals surface area contributed by atoms with Gasteiger partial charge in [0.05, 0.1) is 5.56 Å². The third-order valence-corrected chi connectivity index (χ3v) is 2.09. The van der Waals surface area contributed by atoms with Gasteiger partial charge in [-0.1, -0.05) is 0 Å². The monoisotopic (exact) mass is 191 g/mol. The zero-order valence-electron chi connectivity index (χ0n) is 6.52. The second-order valence-corrected chi connectivity index (χ2v) is 2.76. The number of nitriles is 1. The van der Waals surface area contributed by atoms with E-state index in [0.717, 1.165) is 0 Å². The van der Waals surface area contributed by atoms with Gasteiger partial charge < -0.3 is 0 Å². The Morgan fingerprint density at radius 3 is 2.23 bits per heavy atom. The Kier molecular flexibility index (Phi) is 2.83. The molecule has 0 heterocycles. The van der Waals surface area contributed by atoms with E-state index in [1.165, 1.54) is 12.1 Å². The molecule has 0 radical (unpaired) electrons. The first-order chi connectivity index (χ1) is 6.24. The van der Waals surface area contributed by atoms with E-state index in [1.807, 2.05) is 6.07 Å². The lowest BCUT2D eigenvalue weighted by atomic mass is 10.1.